The maximum Gasteiger partial charge on any atom is 0.0457 e. The highest BCUT2D eigenvalue weighted by molar-refractivity contribution is 6.13. The van der Waals surface area contributed by atoms with Gasteiger partial charge in [0, 0.05) is 36.1 Å². The smallest absolute Gasteiger partial charge is 0.0457 e. The molecule has 0 atom stereocenters. The summed E-state index contributed by atoms with van der Waals surface area (Å²) >= 11 is 5.95. The Hall–Kier alpha value is -0.990. The molecule has 1 N–H and O–H groups in total. The number of aromatic nitrogens is 1. The molecule has 1 aromatic carbocycles. The van der Waals surface area contributed by atoms with Crippen LogP contribution in [0.3, 0.4) is 0 Å². The fourth-order valence-electron chi connectivity index (χ4n) is 2.26. The second kappa shape index (κ2) is 4.11. The normalized spacial score (nSPS) is 12.6. The van der Waals surface area contributed by atoms with Gasteiger partial charge < -0.3 is 4.98 Å². The number of para-hydroxylation sites is 1. The zero-order valence-electron chi connectivity index (χ0n) is 9.92. The average molecular weight is 237 g/mol. The second-order valence-electron chi connectivity index (χ2n) is 4.89. The molecule has 0 unspecified atom stereocenters. The quantitative estimate of drug-likeness (QED) is 0.808. The first kappa shape index (κ1) is 11.5. The molecule has 0 radical (unpaired) electrons. The molecular formula is C13H17ClN2. The van der Waals surface area contributed by atoms with E-state index in [4.69, 9.17) is 11.8 Å². The van der Waals surface area contributed by atoms with Crippen molar-refractivity contribution in [1.82, 2.24) is 9.40 Å². The van der Waals surface area contributed by atoms with E-state index < -0.39 is 0 Å². The molecule has 2 rings (SSSR count). The third kappa shape index (κ3) is 2.08. The summed E-state index contributed by atoms with van der Waals surface area (Å²) < 4.78 is 1.71. The molecule has 1 heterocycles. The monoisotopic (exact) mass is 236 g/mol. The molecule has 3 heteroatoms. The lowest BCUT2D eigenvalue weighted by Gasteiger charge is -2.26. The Bertz CT molecular complexity index is 485. The van der Waals surface area contributed by atoms with Gasteiger partial charge in [-0.3, -0.25) is 0 Å². The van der Waals surface area contributed by atoms with Crippen LogP contribution in [0.25, 0.3) is 10.9 Å². The molecule has 0 saturated carbocycles. The minimum atomic E-state index is 0.0378. The van der Waals surface area contributed by atoms with Crippen LogP contribution >= 0.6 is 11.8 Å². The Morgan fingerprint density at radius 1 is 1.31 bits per heavy atom. The number of nitrogens with one attached hydrogen (secondary N) is 1. The Morgan fingerprint density at radius 2 is 2.00 bits per heavy atom. The van der Waals surface area contributed by atoms with Gasteiger partial charge in [-0.05, 0) is 23.4 Å². The van der Waals surface area contributed by atoms with Crippen molar-refractivity contribution in [3.05, 3.63) is 36.0 Å². The Morgan fingerprint density at radius 3 is 2.69 bits per heavy atom. The van der Waals surface area contributed by atoms with E-state index in [1.54, 1.807) is 4.42 Å². The van der Waals surface area contributed by atoms with Gasteiger partial charge in [0.25, 0.3) is 0 Å². The Labute approximate surface area is 101 Å². The SMILES string of the molecule is CN(Cl)CC(C)(C)c1c[nH]c2ccccc12. The minimum Gasteiger partial charge on any atom is -0.361 e. The predicted octanol–water partition coefficient (Wildman–Crippen LogP) is 3.53. The number of fused-ring (bicyclic) bond motifs is 1. The number of H-pyrrole nitrogens is 1. The van der Waals surface area contributed by atoms with E-state index in [1.165, 1.54) is 16.5 Å². The summed E-state index contributed by atoms with van der Waals surface area (Å²) in [7, 11) is 1.89. The highest BCUT2D eigenvalue weighted by Crippen LogP contribution is 2.31. The van der Waals surface area contributed by atoms with Gasteiger partial charge in [-0.2, -0.15) is 0 Å². The number of rotatable bonds is 3. The summed E-state index contributed by atoms with van der Waals surface area (Å²) in [6, 6.07) is 8.36. The predicted molar refractivity (Wildman–Crippen MR) is 69.8 cm³/mol. The molecule has 1 aromatic heterocycles. The van der Waals surface area contributed by atoms with Gasteiger partial charge in [0.2, 0.25) is 0 Å². The number of halogens is 1. The molecule has 0 bridgehead atoms. The van der Waals surface area contributed by atoms with E-state index in [9.17, 15) is 0 Å². The van der Waals surface area contributed by atoms with Crippen molar-refractivity contribution in [1.29, 1.82) is 0 Å². The van der Waals surface area contributed by atoms with Crippen LogP contribution < -0.4 is 0 Å². The minimum absolute atomic E-state index is 0.0378. The fourth-order valence-corrected chi connectivity index (χ4v) is 2.56. The van der Waals surface area contributed by atoms with Gasteiger partial charge in [-0.1, -0.05) is 32.0 Å². The van der Waals surface area contributed by atoms with Crippen LogP contribution in [0.5, 0.6) is 0 Å². The van der Waals surface area contributed by atoms with E-state index in [2.05, 4.69) is 43.2 Å². The maximum atomic E-state index is 5.95. The molecule has 0 amide bonds. The number of nitrogens with zero attached hydrogens (tertiary/aromatic N) is 1. The van der Waals surface area contributed by atoms with Gasteiger partial charge in [-0.15, -0.1) is 0 Å². The van der Waals surface area contributed by atoms with Gasteiger partial charge in [0.15, 0.2) is 0 Å². The first-order valence-electron chi connectivity index (χ1n) is 5.44. The molecule has 0 aliphatic rings. The lowest BCUT2D eigenvalue weighted by atomic mass is 9.84. The number of aromatic amines is 1. The van der Waals surface area contributed by atoms with E-state index in [0.717, 1.165) is 6.54 Å². The Kier molecular flexibility index (Phi) is 2.96. The van der Waals surface area contributed by atoms with Crippen LogP contribution in [0.1, 0.15) is 19.4 Å². The third-order valence-corrected chi connectivity index (χ3v) is 3.05. The summed E-state index contributed by atoms with van der Waals surface area (Å²) in [6.07, 6.45) is 2.09. The summed E-state index contributed by atoms with van der Waals surface area (Å²) in [5.41, 5.74) is 2.54. The number of likely N-dealkylation sites (N-methyl/N-ethyl adjacent to an activating group) is 1. The van der Waals surface area contributed by atoms with Crippen molar-refractivity contribution in [2.75, 3.05) is 13.6 Å². The van der Waals surface area contributed by atoms with Crippen LogP contribution in [-0.2, 0) is 5.41 Å². The molecule has 2 nitrogen and oxygen atoms in total. The van der Waals surface area contributed by atoms with Crippen molar-refractivity contribution in [2.24, 2.45) is 0 Å². The summed E-state index contributed by atoms with van der Waals surface area (Å²) in [4.78, 5) is 3.31. The first-order valence-corrected chi connectivity index (χ1v) is 5.78. The Balaban J connectivity index is 2.46. The standard InChI is InChI=1S/C13H17ClN2/c1-13(2,9-16(3)14)11-8-15-12-7-5-4-6-10(11)12/h4-8,15H,9H2,1-3H3. The number of hydrogen-bond donors (Lipinski definition) is 1. The summed E-state index contributed by atoms with van der Waals surface area (Å²) in [5, 5.41) is 1.28. The molecule has 0 spiro atoms. The lowest BCUT2D eigenvalue weighted by Crippen LogP contribution is -2.29. The van der Waals surface area contributed by atoms with Crippen molar-refractivity contribution in [3.8, 4) is 0 Å². The van der Waals surface area contributed by atoms with Crippen molar-refractivity contribution >= 4 is 22.7 Å². The third-order valence-electron chi connectivity index (χ3n) is 2.93. The average Bonchev–Trinajstić information content (AvgIpc) is 2.59. The molecule has 0 saturated heterocycles. The zero-order valence-corrected chi connectivity index (χ0v) is 10.7. The molecule has 0 aliphatic carbocycles. The highest BCUT2D eigenvalue weighted by atomic mass is 35.5. The number of benzene rings is 1. The van der Waals surface area contributed by atoms with Crippen LogP contribution in [-0.4, -0.2) is 23.0 Å². The van der Waals surface area contributed by atoms with Crippen molar-refractivity contribution in [3.63, 3.8) is 0 Å². The highest BCUT2D eigenvalue weighted by Gasteiger charge is 2.24. The second-order valence-corrected chi connectivity index (χ2v) is 5.47. The van der Waals surface area contributed by atoms with Crippen molar-refractivity contribution in [2.45, 2.75) is 19.3 Å². The zero-order chi connectivity index (χ0) is 11.8. The van der Waals surface area contributed by atoms with Crippen LogP contribution in [0.4, 0.5) is 0 Å². The first-order chi connectivity index (χ1) is 7.50. The largest absolute Gasteiger partial charge is 0.361 e. The van der Waals surface area contributed by atoms with Gasteiger partial charge in [0.05, 0.1) is 0 Å². The van der Waals surface area contributed by atoms with Gasteiger partial charge >= 0.3 is 0 Å². The van der Waals surface area contributed by atoms with Gasteiger partial charge in [-0.25, -0.2) is 4.42 Å². The molecule has 16 heavy (non-hydrogen) atoms. The molecular weight excluding hydrogens is 220 g/mol. The van der Waals surface area contributed by atoms with E-state index in [0.29, 0.717) is 0 Å². The van der Waals surface area contributed by atoms with Crippen LogP contribution in [0.2, 0.25) is 0 Å². The van der Waals surface area contributed by atoms with E-state index in [-0.39, 0.29) is 5.41 Å². The van der Waals surface area contributed by atoms with Crippen molar-refractivity contribution < 1.29 is 0 Å². The van der Waals surface area contributed by atoms with Crippen LogP contribution in [0.15, 0.2) is 30.5 Å². The van der Waals surface area contributed by atoms with E-state index >= 15 is 0 Å². The molecule has 86 valence electrons. The van der Waals surface area contributed by atoms with E-state index in [1.807, 2.05) is 13.1 Å². The number of hydrogen-bond acceptors (Lipinski definition) is 1. The topological polar surface area (TPSA) is 19.0 Å². The van der Waals surface area contributed by atoms with Crippen LogP contribution in [0, 0.1) is 0 Å². The molecule has 2 aromatic rings. The molecule has 0 aliphatic heterocycles. The maximum absolute atomic E-state index is 5.95. The fraction of sp³-hybridized carbons (Fsp3) is 0.385. The lowest BCUT2D eigenvalue weighted by molar-refractivity contribution is 0.396. The van der Waals surface area contributed by atoms with Gasteiger partial charge in [0.1, 0.15) is 0 Å². The summed E-state index contributed by atoms with van der Waals surface area (Å²) in [6.45, 7) is 5.24. The molecule has 0 fully saturated rings. The summed E-state index contributed by atoms with van der Waals surface area (Å²) in [5.74, 6) is 0.